The van der Waals surface area contributed by atoms with E-state index in [4.69, 9.17) is 4.74 Å². The highest BCUT2D eigenvalue weighted by Gasteiger charge is 2.10. The molecule has 0 aliphatic carbocycles. The van der Waals surface area contributed by atoms with Gasteiger partial charge in [-0.15, -0.1) is 0 Å². The van der Waals surface area contributed by atoms with Gasteiger partial charge >= 0.3 is 0 Å². The van der Waals surface area contributed by atoms with Crippen LogP contribution in [0.25, 0.3) is 10.9 Å². The molecule has 6 heteroatoms. The van der Waals surface area contributed by atoms with Crippen LogP contribution in [0.15, 0.2) is 79.0 Å². The number of benzene rings is 3. The molecule has 0 atom stereocenters. The highest BCUT2D eigenvalue weighted by atomic mass is 19.1. The lowest BCUT2D eigenvalue weighted by molar-refractivity contribution is -0.126. The van der Waals surface area contributed by atoms with Crippen molar-refractivity contribution in [2.45, 2.75) is 26.0 Å². The van der Waals surface area contributed by atoms with Crippen molar-refractivity contribution in [2.24, 2.45) is 7.05 Å². The predicted octanol–water partition coefficient (Wildman–Crippen LogP) is 5.22. The monoisotopic (exact) mass is 473 g/mol. The number of nitrogens with one attached hydrogen (secondary N) is 1. The molecule has 3 aromatic carbocycles. The van der Waals surface area contributed by atoms with Gasteiger partial charge in [-0.3, -0.25) is 4.79 Å². The summed E-state index contributed by atoms with van der Waals surface area (Å²) in [5, 5.41) is 4.15. The maximum Gasteiger partial charge on any atom is 0.246 e. The van der Waals surface area contributed by atoms with Crippen molar-refractivity contribution in [3.63, 3.8) is 0 Å². The van der Waals surface area contributed by atoms with Crippen LogP contribution in [0.1, 0.15) is 23.1 Å². The van der Waals surface area contributed by atoms with E-state index >= 15 is 0 Å². The van der Waals surface area contributed by atoms with E-state index in [1.807, 2.05) is 0 Å². The first kappa shape index (κ1) is 24.5. The van der Waals surface area contributed by atoms with E-state index < -0.39 is 0 Å². The molecule has 0 unspecified atom stereocenters. The Hall–Kier alpha value is -3.64. The van der Waals surface area contributed by atoms with Crippen LogP contribution in [0, 0.1) is 5.82 Å². The van der Waals surface area contributed by atoms with Gasteiger partial charge in [0.1, 0.15) is 12.4 Å². The SMILES string of the molecule is CN(Cc1ccc(CCCNC(=O)COCc2ccc(F)cc2)cc1)c1cn(C)c2ccccc12. The van der Waals surface area contributed by atoms with Crippen LogP contribution >= 0.6 is 0 Å². The normalized spacial score (nSPS) is 11.1. The molecule has 0 radical (unpaired) electrons. The Morgan fingerprint density at radius 2 is 1.66 bits per heavy atom. The summed E-state index contributed by atoms with van der Waals surface area (Å²) in [5.74, 6) is -0.423. The molecular weight excluding hydrogens is 441 g/mol. The lowest BCUT2D eigenvalue weighted by atomic mass is 10.1. The van der Waals surface area contributed by atoms with Gasteiger partial charge in [-0.05, 0) is 47.7 Å². The van der Waals surface area contributed by atoms with Crippen molar-refractivity contribution in [3.05, 3.63) is 102 Å². The average Bonchev–Trinajstić information content (AvgIpc) is 3.21. The largest absolute Gasteiger partial charge is 0.369 e. The van der Waals surface area contributed by atoms with Gasteiger partial charge in [0.25, 0.3) is 0 Å². The molecule has 1 heterocycles. The van der Waals surface area contributed by atoms with Crippen molar-refractivity contribution in [3.8, 4) is 0 Å². The van der Waals surface area contributed by atoms with E-state index in [2.05, 4.69) is 83.6 Å². The lowest BCUT2D eigenvalue weighted by Crippen LogP contribution is -2.28. The fourth-order valence-corrected chi connectivity index (χ4v) is 4.21. The molecule has 0 spiro atoms. The Balaban J connectivity index is 1.17. The van der Waals surface area contributed by atoms with E-state index in [1.165, 1.54) is 39.8 Å². The van der Waals surface area contributed by atoms with Crippen LogP contribution in [-0.2, 0) is 36.2 Å². The smallest absolute Gasteiger partial charge is 0.246 e. The van der Waals surface area contributed by atoms with Gasteiger partial charge in [0.05, 0.1) is 12.3 Å². The molecule has 0 saturated carbocycles. The molecule has 5 nitrogen and oxygen atoms in total. The first-order valence-electron chi connectivity index (χ1n) is 11.9. The predicted molar refractivity (Wildman–Crippen MR) is 139 cm³/mol. The van der Waals surface area contributed by atoms with Crippen LogP contribution in [0.2, 0.25) is 0 Å². The zero-order chi connectivity index (χ0) is 24.6. The fourth-order valence-electron chi connectivity index (χ4n) is 4.21. The number of aryl methyl sites for hydroxylation is 2. The second-order valence-corrected chi connectivity index (χ2v) is 8.89. The van der Waals surface area contributed by atoms with Gasteiger partial charge in [0, 0.05) is 44.3 Å². The summed E-state index contributed by atoms with van der Waals surface area (Å²) in [6, 6.07) is 23.2. The Bertz CT molecular complexity index is 1250. The van der Waals surface area contributed by atoms with Crippen molar-refractivity contribution >= 4 is 22.5 Å². The molecule has 182 valence electrons. The van der Waals surface area contributed by atoms with Gasteiger partial charge < -0.3 is 19.5 Å². The highest BCUT2D eigenvalue weighted by Crippen LogP contribution is 2.28. The van der Waals surface area contributed by atoms with Crippen LogP contribution in [0.4, 0.5) is 10.1 Å². The van der Waals surface area contributed by atoms with E-state index in [0.29, 0.717) is 6.54 Å². The number of ether oxygens (including phenoxy) is 1. The number of aromatic nitrogens is 1. The Morgan fingerprint density at radius 3 is 2.43 bits per heavy atom. The van der Waals surface area contributed by atoms with Gasteiger partial charge in [-0.1, -0.05) is 54.6 Å². The second-order valence-electron chi connectivity index (χ2n) is 8.89. The van der Waals surface area contributed by atoms with E-state index in [1.54, 1.807) is 12.1 Å². The van der Waals surface area contributed by atoms with Crippen molar-refractivity contribution in [1.29, 1.82) is 0 Å². The Labute approximate surface area is 206 Å². The minimum absolute atomic E-state index is 0.00368. The molecule has 0 aliphatic heterocycles. The quantitative estimate of drug-likeness (QED) is 0.304. The maximum atomic E-state index is 12.9. The van der Waals surface area contributed by atoms with Gasteiger partial charge in [0.2, 0.25) is 5.91 Å². The molecule has 0 bridgehead atoms. The summed E-state index contributed by atoms with van der Waals surface area (Å²) in [6.45, 7) is 1.72. The first-order valence-corrected chi connectivity index (χ1v) is 11.9. The molecule has 1 amide bonds. The summed E-state index contributed by atoms with van der Waals surface area (Å²) < 4.78 is 20.5. The second kappa shape index (κ2) is 11.7. The number of amides is 1. The number of anilines is 1. The van der Waals surface area contributed by atoms with E-state index in [9.17, 15) is 9.18 Å². The number of nitrogens with zero attached hydrogens (tertiary/aromatic N) is 2. The number of para-hydroxylation sites is 1. The number of fused-ring (bicyclic) bond motifs is 1. The van der Waals surface area contributed by atoms with Gasteiger partial charge in [0.15, 0.2) is 0 Å². The minimum atomic E-state index is -0.283. The van der Waals surface area contributed by atoms with Crippen molar-refractivity contribution < 1.29 is 13.9 Å². The number of rotatable bonds is 11. The highest BCUT2D eigenvalue weighted by molar-refractivity contribution is 5.93. The number of hydrogen-bond acceptors (Lipinski definition) is 3. The maximum absolute atomic E-state index is 12.9. The Kier molecular flexibility index (Phi) is 8.16. The summed E-state index contributed by atoms with van der Waals surface area (Å²) in [6.07, 6.45) is 3.94. The van der Waals surface area contributed by atoms with Crippen LogP contribution < -0.4 is 10.2 Å². The number of carbonyl (C=O) groups is 1. The summed E-state index contributed by atoms with van der Waals surface area (Å²) in [7, 11) is 4.21. The third kappa shape index (κ3) is 6.70. The van der Waals surface area contributed by atoms with Crippen molar-refractivity contribution in [1.82, 2.24) is 9.88 Å². The molecule has 0 saturated heterocycles. The van der Waals surface area contributed by atoms with Crippen LogP contribution in [0.3, 0.4) is 0 Å². The summed E-state index contributed by atoms with van der Waals surface area (Å²) in [5.41, 5.74) is 5.81. The first-order chi connectivity index (χ1) is 17.0. The molecule has 1 aromatic heterocycles. The standard InChI is InChI=1S/C29H32FN3O2/c1-32(28-19-33(2)27-8-4-3-7-26(27)28)18-23-11-9-22(10-12-23)6-5-17-31-29(34)21-35-20-24-13-15-25(30)16-14-24/h3-4,7-16,19H,5-6,17-18,20-21H2,1-2H3,(H,31,34). The molecule has 4 aromatic rings. The molecular formula is C29H32FN3O2. The fraction of sp³-hybridized carbons (Fsp3) is 0.276. The third-order valence-corrected chi connectivity index (χ3v) is 6.11. The number of halogens is 1. The summed E-state index contributed by atoms with van der Waals surface area (Å²) >= 11 is 0. The Morgan fingerprint density at radius 1 is 0.971 bits per heavy atom. The molecule has 1 N–H and O–H groups in total. The van der Waals surface area contributed by atoms with E-state index in [0.717, 1.165) is 24.9 Å². The lowest BCUT2D eigenvalue weighted by Gasteiger charge is -2.18. The van der Waals surface area contributed by atoms with E-state index in [-0.39, 0.29) is 24.9 Å². The number of hydrogen-bond donors (Lipinski definition) is 1. The van der Waals surface area contributed by atoms with Gasteiger partial charge in [-0.25, -0.2) is 4.39 Å². The van der Waals surface area contributed by atoms with Crippen molar-refractivity contribution in [2.75, 3.05) is 25.1 Å². The zero-order valence-electron chi connectivity index (χ0n) is 20.3. The third-order valence-electron chi connectivity index (χ3n) is 6.11. The minimum Gasteiger partial charge on any atom is -0.369 e. The van der Waals surface area contributed by atoms with Gasteiger partial charge in [-0.2, -0.15) is 0 Å². The average molecular weight is 474 g/mol. The topological polar surface area (TPSA) is 46.5 Å². The number of carbonyl (C=O) groups excluding carboxylic acids is 1. The van der Waals surface area contributed by atoms with Crippen LogP contribution in [-0.4, -0.2) is 30.7 Å². The molecule has 4 rings (SSSR count). The van der Waals surface area contributed by atoms with Crippen LogP contribution in [0.5, 0.6) is 0 Å². The molecule has 35 heavy (non-hydrogen) atoms. The molecule has 0 aliphatic rings. The zero-order valence-corrected chi connectivity index (χ0v) is 20.3. The summed E-state index contributed by atoms with van der Waals surface area (Å²) in [4.78, 5) is 14.2. The molecule has 0 fully saturated rings.